The first-order chi connectivity index (χ1) is 8.27. The molecular weight excluding hydrogens is 257 g/mol. The van der Waals surface area contributed by atoms with Crippen LogP contribution in [0.5, 0.6) is 0 Å². The molecule has 0 aromatic heterocycles. The molecule has 17 heavy (non-hydrogen) atoms. The molecule has 1 unspecified atom stereocenters. The highest BCUT2D eigenvalue weighted by atomic mass is 35.5. The van der Waals surface area contributed by atoms with Gasteiger partial charge in [-0.1, -0.05) is 29.3 Å². The average Bonchev–Trinajstić information content (AvgIpc) is 2.83. The summed E-state index contributed by atoms with van der Waals surface area (Å²) in [5, 5.41) is 4.50. The van der Waals surface area contributed by atoms with Gasteiger partial charge >= 0.3 is 0 Å². The Labute approximate surface area is 112 Å². The van der Waals surface area contributed by atoms with Gasteiger partial charge in [-0.3, -0.25) is 0 Å². The summed E-state index contributed by atoms with van der Waals surface area (Å²) in [6.45, 7) is 1.83. The number of halogens is 2. The molecule has 2 rings (SSSR count). The quantitative estimate of drug-likeness (QED) is 0.805. The van der Waals surface area contributed by atoms with Crippen molar-refractivity contribution in [3.8, 4) is 0 Å². The fourth-order valence-electron chi connectivity index (χ4n) is 2.07. The van der Waals surface area contributed by atoms with E-state index >= 15 is 0 Å². The van der Waals surface area contributed by atoms with Gasteiger partial charge in [0, 0.05) is 13.2 Å². The zero-order valence-corrected chi connectivity index (χ0v) is 11.2. The number of hydrogen-bond donors (Lipinski definition) is 1. The molecule has 1 aromatic carbocycles. The van der Waals surface area contributed by atoms with Crippen molar-refractivity contribution in [3.63, 3.8) is 0 Å². The molecule has 1 fully saturated rings. The van der Waals surface area contributed by atoms with Crippen molar-refractivity contribution < 1.29 is 4.74 Å². The van der Waals surface area contributed by atoms with Crippen LogP contribution in [0.1, 0.15) is 25.7 Å². The maximum Gasteiger partial charge on any atom is 0.0823 e. The van der Waals surface area contributed by atoms with Crippen molar-refractivity contribution in [1.29, 1.82) is 0 Å². The van der Waals surface area contributed by atoms with Crippen LogP contribution < -0.4 is 5.32 Å². The van der Waals surface area contributed by atoms with Gasteiger partial charge in [0.2, 0.25) is 0 Å². The minimum atomic E-state index is 0.464. The van der Waals surface area contributed by atoms with Crippen molar-refractivity contribution in [2.75, 3.05) is 18.5 Å². The monoisotopic (exact) mass is 273 g/mol. The summed E-state index contributed by atoms with van der Waals surface area (Å²) in [5.41, 5.74) is 0.909. The first kappa shape index (κ1) is 13.0. The smallest absolute Gasteiger partial charge is 0.0823 e. The standard InChI is InChI=1S/C13H17Cl2NO/c14-11-6-1-7-12(13(11)15)16-8-2-4-10-5-3-9-17-10/h1,6-7,10,16H,2-5,8-9H2. The van der Waals surface area contributed by atoms with E-state index in [1.165, 1.54) is 12.8 Å². The molecule has 1 aliphatic heterocycles. The van der Waals surface area contributed by atoms with Crippen LogP contribution in [0.3, 0.4) is 0 Å². The molecule has 1 saturated heterocycles. The Morgan fingerprint density at radius 3 is 3.00 bits per heavy atom. The third kappa shape index (κ3) is 3.77. The van der Waals surface area contributed by atoms with Gasteiger partial charge in [0.05, 0.1) is 21.8 Å². The molecule has 1 heterocycles. The van der Waals surface area contributed by atoms with Crippen molar-refractivity contribution in [1.82, 2.24) is 0 Å². The SMILES string of the molecule is Clc1cccc(NCCCC2CCCO2)c1Cl. The summed E-state index contributed by atoms with van der Waals surface area (Å²) in [7, 11) is 0. The van der Waals surface area contributed by atoms with Gasteiger partial charge in [0.15, 0.2) is 0 Å². The largest absolute Gasteiger partial charge is 0.384 e. The zero-order valence-electron chi connectivity index (χ0n) is 9.72. The lowest BCUT2D eigenvalue weighted by Gasteiger charge is -2.11. The van der Waals surface area contributed by atoms with Crippen LogP contribution in [-0.4, -0.2) is 19.3 Å². The summed E-state index contributed by atoms with van der Waals surface area (Å²) in [6.07, 6.45) is 5.08. The molecule has 1 aliphatic rings. The van der Waals surface area contributed by atoms with Crippen LogP contribution in [-0.2, 0) is 4.74 Å². The molecule has 0 amide bonds. The van der Waals surface area contributed by atoms with Crippen LogP contribution in [0.25, 0.3) is 0 Å². The molecule has 0 aliphatic carbocycles. The lowest BCUT2D eigenvalue weighted by Crippen LogP contribution is -2.09. The van der Waals surface area contributed by atoms with Gasteiger partial charge in [-0.15, -0.1) is 0 Å². The molecule has 0 bridgehead atoms. The molecule has 0 spiro atoms. The topological polar surface area (TPSA) is 21.3 Å². The lowest BCUT2D eigenvalue weighted by molar-refractivity contribution is 0.103. The first-order valence-electron chi connectivity index (χ1n) is 6.07. The van der Waals surface area contributed by atoms with Crippen LogP contribution in [0.2, 0.25) is 10.0 Å². The lowest BCUT2D eigenvalue weighted by atomic mass is 10.1. The summed E-state index contributed by atoms with van der Waals surface area (Å²) in [4.78, 5) is 0. The molecular formula is C13H17Cl2NO. The van der Waals surface area contributed by atoms with Crippen LogP contribution in [0, 0.1) is 0 Å². The molecule has 94 valence electrons. The number of rotatable bonds is 5. The van der Waals surface area contributed by atoms with E-state index in [1.54, 1.807) is 6.07 Å². The Balaban J connectivity index is 1.72. The van der Waals surface area contributed by atoms with E-state index in [2.05, 4.69) is 5.32 Å². The number of anilines is 1. The van der Waals surface area contributed by atoms with E-state index in [-0.39, 0.29) is 0 Å². The van der Waals surface area contributed by atoms with Gasteiger partial charge in [-0.2, -0.15) is 0 Å². The second-order valence-corrected chi connectivity index (χ2v) is 5.09. The van der Waals surface area contributed by atoms with Crippen LogP contribution in [0.15, 0.2) is 18.2 Å². The van der Waals surface area contributed by atoms with E-state index in [4.69, 9.17) is 27.9 Å². The Kier molecular flexibility index (Phi) is 4.96. The first-order valence-corrected chi connectivity index (χ1v) is 6.82. The van der Waals surface area contributed by atoms with E-state index in [9.17, 15) is 0 Å². The van der Waals surface area contributed by atoms with E-state index < -0.39 is 0 Å². The zero-order chi connectivity index (χ0) is 12.1. The minimum absolute atomic E-state index is 0.464. The molecule has 0 saturated carbocycles. The second kappa shape index (κ2) is 6.48. The number of nitrogens with one attached hydrogen (secondary N) is 1. The van der Waals surface area contributed by atoms with Crippen LogP contribution in [0.4, 0.5) is 5.69 Å². The summed E-state index contributed by atoms with van der Waals surface area (Å²) < 4.78 is 5.57. The third-order valence-electron chi connectivity index (χ3n) is 2.99. The summed E-state index contributed by atoms with van der Waals surface area (Å²) in [5.74, 6) is 0. The third-order valence-corrected chi connectivity index (χ3v) is 3.81. The second-order valence-electron chi connectivity index (χ2n) is 4.31. The van der Waals surface area contributed by atoms with Gasteiger partial charge in [0.1, 0.15) is 0 Å². The van der Waals surface area contributed by atoms with E-state index in [0.717, 1.165) is 31.7 Å². The van der Waals surface area contributed by atoms with Gasteiger partial charge in [0.25, 0.3) is 0 Å². The summed E-state index contributed by atoms with van der Waals surface area (Å²) in [6, 6.07) is 5.64. The molecule has 2 nitrogen and oxygen atoms in total. The highest BCUT2D eigenvalue weighted by Crippen LogP contribution is 2.29. The van der Waals surface area contributed by atoms with Gasteiger partial charge in [-0.05, 0) is 37.8 Å². The van der Waals surface area contributed by atoms with E-state index in [1.807, 2.05) is 12.1 Å². The van der Waals surface area contributed by atoms with E-state index in [0.29, 0.717) is 16.1 Å². The van der Waals surface area contributed by atoms with Gasteiger partial charge < -0.3 is 10.1 Å². The van der Waals surface area contributed by atoms with Crippen molar-refractivity contribution in [2.24, 2.45) is 0 Å². The van der Waals surface area contributed by atoms with Crippen molar-refractivity contribution in [2.45, 2.75) is 31.8 Å². The highest BCUT2D eigenvalue weighted by molar-refractivity contribution is 6.43. The maximum absolute atomic E-state index is 6.08. The molecule has 1 N–H and O–H groups in total. The highest BCUT2D eigenvalue weighted by Gasteiger charge is 2.14. The Morgan fingerprint density at radius 1 is 1.35 bits per heavy atom. The minimum Gasteiger partial charge on any atom is -0.384 e. The van der Waals surface area contributed by atoms with Crippen LogP contribution >= 0.6 is 23.2 Å². The van der Waals surface area contributed by atoms with Crippen molar-refractivity contribution in [3.05, 3.63) is 28.2 Å². The predicted molar refractivity (Wildman–Crippen MR) is 73.2 cm³/mol. The molecule has 4 heteroatoms. The fourth-order valence-corrected chi connectivity index (χ4v) is 2.43. The predicted octanol–water partition coefficient (Wildman–Crippen LogP) is 4.36. The normalized spacial score (nSPS) is 19.5. The molecule has 1 aromatic rings. The Morgan fingerprint density at radius 2 is 2.24 bits per heavy atom. The summed E-state index contributed by atoms with van der Waals surface area (Å²) >= 11 is 12.0. The molecule has 1 atom stereocenters. The number of hydrogen-bond acceptors (Lipinski definition) is 2. The Bertz CT molecular complexity index is 364. The number of ether oxygens (including phenoxy) is 1. The van der Waals surface area contributed by atoms with Gasteiger partial charge in [-0.25, -0.2) is 0 Å². The maximum atomic E-state index is 6.08. The number of benzene rings is 1. The fraction of sp³-hybridized carbons (Fsp3) is 0.538. The average molecular weight is 274 g/mol. The Hall–Kier alpha value is -0.440. The van der Waals surface area contributed by atoms with Crippen molar-refractivity contribution >= 4 is 28.9 Å². The molecule has 0 radical (unpaired) electrons.